The van der Waals surface area contributed by atoms with Gasteiger partial charge in [-0.25, -0.2) is 0 Å². The monoisotopic (exact) mass is 304 g/mol. The van der Waals surface area contributed by atoms with E-state index in [9.17, 15) is 13.2 Å². The normalized spacial score (nSPS) is 20.9. The summed E-state index contributed by atoms with van der Waals surface area (Å²) in [6, 6.07) is 7.26. The highest BCUT2D eigenvalue weighted by molar-refractivity contribution is 8.00. The molecule has 112 valence electrons. The van der Waals surface area contributed by atoms with Crippen molar-refractivity contribution in [3.63, 3.8) is 0 Å². The second-order valence-corrected chi connectivity index (χ2v) is 6.28. The Balaban J connectivity index is 1.83. The van der Waals surface area contributed by atoms with Crippen LogP contribution in [0.1, 0.15) is 26.2 Å². The van der Waals surface area contributed by atoms with Gasteiger partial charge in [0, 0.05) is 22.7 Å². The predicted octanol–water partition coefficient (Wildman–Crippen LogP) is 4.24. The van der Waals surface area contributed by atoms with Crippen LogP contribution < -0.4 is 10.6 Å². The quantitative estimate of drug-likeness (QED) is 0.796. The van der Waals surface area contributed by atoms with Gasteiger partial charge in [0.05, 0.1) is 0 Å². The molecular formula is C14H19F3N2S. The minimum atomic E-state index is -4.23. The van der Waals surface area contributed by atoms with Crippen molar-refractivity contribution in [1.82, 2.24) is 5.32 Å². The van der Waals surface area contributed by atoms with E-state index in [1.807, 2.05) is 0 Å². The molecule has 2 N–H and O–H groups in total. The summed E-state index contributed by atoms with van der Waals surface area (Å²) in [4.78, 5) is 0.216. The van der Waals surface area contributed by atoms with E-state index in [-0.39, 0.29) is 16.7 Å². The van der Waals surface area contributed by atoms with Crippen molar-refractivity contribution in [1.29, 1.82) is 0 Å². The minimum Gasteiger partial charge on any atom is -0.383 e. The van der Waals surface area contributed by atoms with Crippen LogP contribution in [0.4, 0.5) is 18.9 Å². The summed E-state index contributed by atoms with van der Waals surface area (Å²) in [6.07, 6.45) is 3.45. The zero-order valence-corrected chi connectivity index (χ0v) is 12.2. The first-order valence-electron chi connectivity index (χ1n) is 6.78. The molecule has 1 aromatic rings. The highest BCUT2D eigenvalue weighted by atomic mass is 32.2. The molecule has 0 amide bonds. The van der Waals surface area contributed by atoms with Crippen LogP contribution in [0.2, 0.25) is 0 Å². The van der Waals surface area contributed by atoms with E-state index < -0.39 is 5.51 Å². The van der Waals surface area contributed by atoms with E-state index in [1.165, 1.54) is 25.0 Å². The van der Waals surface area contributed by atoms with E-state index in [4.69, 9.17) is 0 Å². The average molecular weight is 304 g/mol. The first kappa shape index (κ1) is 15.5. The summed E-state index contributed by atoms with van der Waals surface area (Å²) in [5.74, 6) is 0. The summed E-state index contributed by atoms with van der Waals surface area (Å²) in [5, 5.41) is 6.77. The van der Waals surface area contributed by atoms with Crippen LogP contribution in [0.15, 0.2) is 29.2 Å². The smallest absolute Gasteiger partial charge is 0.383 e. The summed E-state index contributed by atoms with van der Waals surface area (Å²) in [5.41, 5.74) is -3.36. The van der Waals surface area contributed by atoms with Crippen molar-refractivity contribution >= 4 is 17.4 Å². The molecule has 1 saturated heterocycles. The zero-order valence-electron chi connectivity index (χ0n) is 11.3. The fraction of sp³-hybridized carbons (Fsp3) is 0.571. The predicted molar refractivity (Wildman–Crippen MR) is 77.1 cm³/mol. The molecule has 1 aliphatic heterocycles. The largest absolute Gasteiger partial charge is 0.446 e. The Morgan fingerprint density at radius 1 is 1.35 bits per heavy atom. The zero-order chi connectivity index (χ0) is 14.6. The van der Waals surface area contributed by atoms with Crippen molar-refractivity contribution < 1.29 is 13.2 Å². The molecule has 2 nitrogen and oxygen atoms in total. The van der Waals surface area contributed by atoms with Crippen molar-refractivity contribution in [2.24, 2.45) is 0 Å². The van der Waals surface area contributed by atoms with E-state index in [2.05, 4.69) is 17.6 Å². The van der Waals surface area contributed by atoms with Gasteiger partial charge in [0.15, 0.2) is 0 Å². The molecule has 0 saturated carbocycles. The van der Waals surface area contributed by atoms with Crippen molar-refractivity contribution in [2.45, 2.75) is 48.7 Å². The molecule has 2 rings (SSSR count). The maximum atomic E-state index is 12.2. The molecular weight excluding hydrogens is 285 g/mol. The first-order valence-corrected chi connectivity index (χ1v) is 7.60. The van der Waals surface area contributed by atoms with Crippen LogP contribution in [0, 0.1) is 0 Å². The molecule has 1 fully saturated rings. The number of hydrogen-bond acceptors (Lipinski definition) is 3. The highest BCUT2D eigenvalue weighted by Crippen LogP contribution is 2.37. The Labute approximate surface area is 121 Å². The molecule has 0 bridgehead atoms. The van der Waals surface area contributed by atoms with Crippen LogP contribution in [-0.2, 0) is 0 Å². The van der Waals surface area contributed by atoms with Gasteiger partial charge in [-0.05, 0) is 68.8 Å². The Hall–Kier alpha value is -0.880. The molecule has 1 aromatic carbocycles. The lowest BCUT2D eigenvalue weighted by atomic mass is 10.1. The van der Waals surface area contributed by atoms with Gasteiger partial charge in [0.1, 0.15) is 0 Å². The second kappa shape index (κ2) is 6.72. The number of thioether (sulfide) groups is 1. The SMILES string of the molecule is CC(CC1CCCN1)Nc1ccc(SC(F)(F)F)cc1. The molecule has 6 heteroatoms. The van der Waals surface area contributed by atoms with Gasteiger partial charge in [-0.15, -0.1) is 0 Å². The van der Waals surface area contributed by atoms with Crippen molar-refractivity contribution in [2.75, 3.05) is 11.9 Å². The van der Waals surface area contributed by atoms with Crippen LogP contribution >= 0.6 is 11.8 Å². The molecule has 0 radical (unpaired) electrons. The van der Waals surface area contributed by atoms with E-state index in [1.54, 1.807) is 12.1 Å². The molecule has 0 aromatic heterocycles. The Kier molecular flexibility index (Phi) is 5.21. The molecule has 2 atom stereocenters. The number of anilines is 1. The van der Waals surface area contributed by atoms with Gasteiger partial charge in [-0.1, -0.05) is 0 Å². The number of nitrogens with one attached hydrogen (secondary N) is 2. The average Bonchev–Trinajstić information content (AvgIpc) is 2.82. The third-order valence-electron chi connectivity index (χ3n) is 3.30. The van der Waals surface area contributed by atoms with Crippen LogP contribution in [0.25, 0.3) is 0 Å². The van der Waals surface area contributed by atoms with Crippen LogP contribution in [0.5, 0.6) is 0 Å². The molecule has 0 aliphatic carbocycles. The van der Waals surface area contributed by atoms with Crippen LogP contribution in [-0.4, -0.2) is 24.1 Å². The maximum Gasteiger partial charge on any atom is 0.446 e. The lowest BCUT2D eigenvalue weighted by Crippen LogP contribution is -2.29. The number of halogens is 3. The lowest BCUT2D eigenvalue weighted by Gasteiger charge is -2.19. The minimum absolute atomic E-state index is 0.0833. The number of hydrogen-bond donors (Lipinski definition) is 2. The number of benzene rings is 1. The van der Waals surface area contributed by atoms with Gasteiger partial charge in [0.25, 0.3) is 0 Å². The third-order valence-corrected chi connectivity index (χ3v) is 4.04. The molecule has 20 heavy (non-hydrogen) atoms. The summed E-state index contributed by atoms with van der Waals surface area (Å²) < 4.78 is 36.7. The van der Waals surface area contributed by atoms with E-state index in [0.29, 0.717) is 12.1 Å². The van der Waals surface area contributed by atoms with Crippen molar-refractivity contribution in [3.05, 3.63) is 24.3 Å². The maximum absolute atomic E-state index is 12.2. The number of alkyl halides is 3. The number of rotatable bonds is 5. The van der Waals surface area contributed by atoms with E-state index in [0.717, 1.165) is 18.7 Å². The lowest BCUT2D eigenvalue weighted by molar-refractivity contribution is -0.0328. The molecule has 0 spiro atoms. The molecule has 1 aliphatic rings. The topological polar surface area (TPSA) is 24.1 Å². The summed E-state index contributed by atoms with van der Waals surface area (Å²) in [7, 11) is 0. The summed E-state index contributed by atoms with van der Waals surface area (Å²) >= 11 is -0.0833. The standard InChI is InChI=1S/C14H19F3N2S/c1-10(9-12-3-2-8-18-12)19-11-4-6-13(7-5-11)20-14(15,16)17/h4-7,10,12,18-19H,2-3,8-9H2,1H3. The fourth-order valence-electron chi connectivity index (χ4n) is 2.48. The second-order valence-electron chi connectivity index (χ2n) is 5.15. The fourth-order valence-corrected chi connectivity index (χ4v) is 3.02. The third kappa shape index (κ3) is 5.25. The first-order chi connectivity index (χ1) is 9.42. The van der Waals surface area contributed by atoms with Gasteiger partial charge in [-0.3, -0.25) is 0 Å². The van der Waals surface area contributed by atoms with E-state index >= 15 is 0 Å². The molecule has 1 heterocycles. The van der Waals surface area contributed by atoms with Crippen molar-refractivity contribution in [3.8, 4) is 0 Å². The Bertz CT molecular complexity index is 413. The molecule has 2 unspecified atom stereocenters. The Morgan fingerprint density at radius 2 is 2.05 bits per heavy atom. The Morgan fingerprint density at radius 3 is 2.60 bits per heavy atom. The van der Waals surface area contributed by atoms with Gasteiger partial charge >= 0.3 is 5.51 Å². The van der Waals surface area contributed by atoms with Gasteiger partial charge in [0.2, 0.25) is 0 Å². The van der Waals surface area contributed by atoms with Gasteiger partial charge in [-0.2, -0.15) is 13.2 Å². The van der Waals surface area contributed by atoms with Crippen LogP contribution in [0.3, 0.4) is 0 Å². The van der Waals surface area contributed by atoms with Gasteiger partial charge < -0.3 is 10.6 Å². The highest BCUT2D eigenvalue weighted by Gasteiger charge is 2.29. The summed E-state index contributed by atoms with van der Waals surface area (Å²) in [6.45, 7) is 3.18.